The fourth-order valence-electron chi connectivity index (χ4n) is 0.300. The van der Waals surface area contributed by atoms with Gasteiger partial charge in [-0.3, -0.25) is 0 Å². The van der Waals surface area contributed by atoms with Gasteiger partial charge < -0.3 is 31.9 Å². The average Bonchev–Trinajstić information content (AvgIpc) is 1.58. The summed E-state index contributed by atoms with van der Waals surface area (Å²) in [6, 6.07) is 0. The van der Waals surface area contributed by atoms with E-state index in [4.69, 9.17) is 15.0 Å². The molecule has 0 aromatic rings. The van der Waals surface area contributed by atoms with Crippen molar-refractivity contribution >= 4 is 5.97 Å². The number of aliphatic hydroxyl groups excluding tert-OH is 1. The van der Waals surface area contributed by atoms with Gasteiger partial charge in [-0.15, -0.1) is 0 Å². The number of carbonyl (C=O) groups is 1. The van der Waals surface area contributed by atoms with Crippen LogP contribution < -0.4 is 47.1 Å². The van der Waals surface area contributed by atoms with Crippen LogP contribution in [-0.4, -0.2) is 49.9 Å². The Morgan fingerprint density at radius 2 is 1.62 bits per heavy atom. The molecule has 0 bridgehead atoms. The number of aliphatic hydroxyl groups is 1. The van der Waals surface area contributed by atoms with Crippen LogP contribution in [0.5, 0.6) is 0 Å². The van der Waals surface area contributed by atoms with E-state index in [1.54, 1.807) is 0 Å². The van der Waals surface area contributed by atoms with Gasteiger partial charge >= 0.3 is 29.6 Å². The van der Waals surface area contributed by atoms with Crippen LogP contribution in [0, 0.1) is 0 Å². The molecule has 4 nitrogen and oxygen atoms in total. The van der Waals surface area contributed by atoms with Crippen LogP contribution in [0.25, 0.3) is 0 Å². The first-order chi connectivity index (χ1) is 4.79. The van der Waals surface area contributed by atoms with Gasteiger partial charge in [-0.25, -0.2) is 0 Å². The minimum absolute atomic E-state index is 0. The standard InChI is InChI=1S/C5H14NO.C2H4O2.ClH.Na/c1-6(2,3)4-5-7;1-2(3)4;;/h7H,4-5H2,1-3H3;1H3,(H,3,4);1H;/q+1;;;+1/p-2. The molecule has 0 radical (unpaired) electrons. The number of carbonyl (C=O) groups excluding carboxylic acids is 1. The first kappa shape index (κ1) is 23.5. The quantitative estimate of drug-likeness (QED) is 0.372. The van der Waals surface area contributed by atoms with Crippen LogP contribution in [0.3, 0.4) is 0 Å². The van der Waals surface area contributed by atoms with Crippen molar-refractivity contribution in [3.8, 4) is 0 Å². The van der Waals surface area contributed by atoms with Gasteiger partial charge in [-0.1, -0.05) is 0 Å². The molecule has 0 aromatic heterocycles. The van der Waals surface area contributed by atoms with Gasteiger partial charge in [0.25, 0.3) is 0 Å². The van der Waals surface area contributed by atoms with Crippen LogP contribution in [0.4, 0.5) is 0 Å². The van der Waals surface area contributed by atoms with Crippen molar-refractivity contribution in [1.82, 2.24) is 0 Å². The Hall–Kier alpha value is 0.680. The normalized spacial score (nSPS) is 8.38. The van der Waals surface area contributed by atoms with Crippen LogP contribution in [0.15, 0.2) is 0 Å². The van der Waals surface area contributed by atoms with Gasteiger partial charge in [0.1, 0.15) is 6.54 Å². The van der Waals surface area contributed by atoms with Gasteiger partial charge in [-0.05, 0) is 6.92 Å². The maximum absolute atomic E-state index is 8.89. The van der Waals surface area contributed by atoms with Crippen LogP contribution in [0.1, 0.15) is 6.92 Å². The summed E-state index contributed by atoms with van der Waals surface area (Å²) in [6.45, 7) is 2.09. The minimum Gasteiger partial charge on any atom is -1.00 e. The second kappa shape index (κ2) is 12.7. The Kier molecular flexibility index (Phi) is 22.9. The second-order valence-corrected chi connectivity index (χ2v) is 3.23. The molecule has 1 N–H and O–H groups in total. The van der Waals surface area contributed by atoms with Crippen molar-refractivity contribution in [3.05, 3.63) is 0 Å². The third-order valence-corrected chi connectivity index (χ3v) is 0.771. The average molecular weight is 222 g/mol. The summed E-state index contributed by atoms with van der Waals surface area (Å²) in [7, 11) is 6.16. The molecule has 0 saturated carbocycles. The molecule has 0 aliphatic carbocycles. The third-order valence-electron chi connectivity index (χ3n) is 0.771. The van der Waals surface area contributed by atoms with Gasteiger partial charge in [0, 0.05) is 5.97 Å². The molecule has 0 atom stereocenters. The number of hydrogen-bond acceptors (Lipinski definition) is 3. The molecule has 0 saturated heterocycles. The van der Waals surface area contributed by atoms with E-state index in [1.165, 1.54) is 0 Å². The van der Waals surface area contributed by atoms with Crippen molar-refractivity contribution < 1.29 is 61.5 Å². The van der Waals surface area contributed by atoms with E-state index in [0.29, 0.717) is 0 Å². The zero-order valence-corrected chi connectivity index (χ0v) is 11.8. The number of rotatable bonds is 2. The van der Waals surface area contributed by atoms with E-state index >= 15 is 0 Å². The molecule has 0 spiro atoms. The van der Waals surface area contributed by atoms with Gasteiger partial charge in [0.15, 0.2) is 0 Å². The summed E-state index contributed by atoms with van der Waals surface area (Å²) in [5.41, 5.74) is 0. The molecule has 76 valence electrons. The Bertz CT molecular complexity index is 113. The molecular formula is C7H17ClNNaO3. The Balaban J connectivity index is -0.0000000600. The van der Waals surface area contributed by atoms with Crippen LogP contribution in [-0.2, 0) is 4.79 Å². The summed E-state index contributed by atoms with van der Waals surface area (Å²) < 4.78 is 0.844. The van der Waals surface area contributed by atoms with E-state index < -0.39 is 5.97 Å². The molecule has 0 amide bonds. The first-order valence-electron chi connectivity index (χ1n) is 3.38. The zero-order chi connectivity index (χ0) is 9.49. The molecule has 0 heterocycles. The smallest absolute Gasteiger partial charge is 1.00 e. The van der Waals surface area contributed by atoms with Gasteiger partial charge in [-0.2, -0.15) is 0 Å². The van der Waals surface area contributed by atoms with E-state index in [-0.39, 0.29) is 48.6 Å². The predicted molar refractivity (Wildman–Crippen MR) is 40.7 cm³/mol. The molecule has 13 heavy (non-hydrogen) atoms. The predicted octanol–water partition coefficient (Wildman–Crippen LogP) is -7.55. The summed E-state index contributed by atoms with van der Waals surface area (Å²) in [5.74, 6) is -1.08. The molecule has 6 heteroatoms. The maximum atomic E-state index is 8.89. The number of quaternary nitrogens is 1. The molecule has 0 aromatic carbocycles. The molecule has 0 aliphatic heterocycles. The van der Waals surface area contributed by atoms with Crippen molar-refractivity contribution in [2.24, 2.45) is 0 Å². The Morgan fingerprint density at radius 3 is 1.62 bits per heavy atom. The first-order valence-corrected chi connectivity index (χ1v) is 3.38. The number of nitrogens with zero attached hydrogens (tertiary/aromatic N) is 1. The largest absolute Gasteiger partial charge is 1.00 e. The van der Waals surface area contributed by atoms with Crippen molar-refractivity contribution in [1.29, 1.82) is 0 Å². The van der Waals surface area contributed by atoms with E-state index in [9.17, 15) is 0 Å². The summed E-state index contributed by atoms with van der Waals surface area (Å²) in [6.07, 6.45) is 0. The van der Waals surface area contributed by atoms with Crippen LogP contribution >= 0.6 is 0 Å². The second-order valence-electron chi connectivity index (χ2n) is 3.23. The van der Waals surface area contributed by atoms with Crippen molar-refractivity contribution in [2.75, 3.05) is 34.3 Å². The fraction of sp³-hybridized carbons (Fsp3) is 0.857. The molecule has 0 aliphatic rings. The maximum Gasteiger partial charge on any atom is 1.00 e. The molecule has 0 rings (SSSR count). The number of likely N-dealkylation sites (N-methyl/N-ethyl adjacent to an activating group) is 1. The molecule has 0 fully saturated rings. The monoisotopic (exact) mass is 221 g/mol. The Morgan fingerprint density at radius 1 is 1.38 bits per heavy atom. The van der Waals surface area contributed by atoms with E-state index in [0.717, 1.165) is 18.0 Å². The summed E-state index contributed by atoms with van der Waals surface area (Å²) >= 11 is 0. The molecule has 0 unspecified atom stereocenters. The molecular weight excluding hydrogens is 205 g/mol. The number of carboxylic acid groups (broad SMARTS) is 1. The van der Waals surface area contributed by atoms with Crippen molar-refractivity contribution in [2.45, 2.75) is 6.92 Å². The van der Waals surface area contributed by atoms with Crippen molar-refractivity contribution in [3.63, 3.8) is 0 Å². The third kappa shape index (κ3) is 66.0. The summed E-state index contributed by atoms with van der Waals surface area (Å²) in [5, 5.41) is 17.3. The SMILES string of the molecule is CC(=O)[O-].C[N+](C)(C)CCO.[Cl-].[Na+]. The van der Waals surface area contributed by atoms with E-state index in [2.05, 4.69) is 21.1 Å². The zero-order valence-electron chi connectivity index (χ0n) is 9.00. The van der Waals surface area contributed by atoms with Gasteiger partial charge in [0.05, 0.1) is 27.7 Å². The topological polar surface area (TPSA) is 60.4 Å². The Labute approximate surface area is 108 Å². The van der Waals surface area contributed by atoms with Crippen LogP contribution in [0.2, 0.25) is 0 Å². The minimum atomic E-state index is -1.08. The number of carboxylic acids is 1. The number of aliphatic carboxylic acids is 1. The number of hydrogen-bond donors (Lipinski definition) is 1. The van der Waals surface area contributed by atoms with Gasteiger partial charge in [0.2, 0.25) is 0 Å². The van der Waals surface area contributed by atoms with E-state index in [1.807, 2.05) is 0 Å². The summed E-state index contributed by atoms with van der Waals surface area (Å²) in [4.78, 5) is 8.89. The fourth-order valence-corrected chi connectivity index (χ4v) is 0.300. The number of halogens is 1.